The summed E-state index contributed by atoms with van der Waals surface area (Å²) in [6, 6.07) is 47.6. The van der Waals surface area contributed by atoms with Crippen molar-refractivity contribution in [3.8, 4) is 11.1 Å². The molecule has 0 fully saturated rings. The third-order valence-electron chi connectivity index (χ3n) is 7.00. The fourth-order valence-electron chi connectivity index (χ4n) is 5.83. The van der Waals surface area contributed by atoms with Gasteiger partial charge in [0.15, 0.2) is 0 Å². The standard InChI is InChI=1S/C30H21BS/c1-3-12-22(13-4-1)32(23-14-5-2-6-15-23)28-20-10-9-19-27(28)31-26-18-8-7-16-24(26)25-17-11-21-29(32)30(25)31/h1-21H. The second kappa shape index (κ2) is 6.75. The van der Waals surface area contributed by atoms with E-state index in [4.69, 9.17) is 0 Å². The van der Waals surface area contributed by atoms with E-state index in [2.05, 4.69) is 127 Å². The molecule has 7 rings (SSSR count). The number of hydrogen-bond acceptors (Lipinski definition) is 0. The van der Waals surface area contributed by atoms with Crippen LogP contribution < -0.4 is 16.4 Å². The molecule has 0 saturated heterocycles. The van der Waals surface area contributed by atoms with Gasteiger partial charge in [0.25, 0.3) is 0 Å². The maximum Gasteiger partial charge on any atom is 0.245 e. The van der Waals surface area contributed by atoms with Crippen LogP contribution in [0.1, 0.15) is 0 Å². The summed E-state index contributed by atoms with van der Waals surface area (Å²) < 4.78 is 0. The van der Waals surface area contributed by atoms with Crippen molar-refractivity contribution in [2.24, 2.45) is 0 Å². The fraction of sp³-hybridized carbons (Fsp3) is 0. The summed E-state index contributed by atoms with van der Waals surface area (Å²) in [7, 11) is -1.61. The van der Waals surface area contributed by atoms with Gasteiger partial charge in [0.05, 0.1) is 0 Å². The topological polar surface area (TPSA) is 0 Å². The monoisotopic (exact) mass is 424 g/mol. The minimum atomic E-state index is -1.61. The van der Waals surface area contributed by atoms with Gasteiger partial charge in [-0.15, -0.1) is 10.0 Å². The maximum absolute atomic E-state index is 2.41. The summed E-state index contributed by atoms with van der Waals surface area (Å²) in [6.07, 6.45) is 0. The molecule has 150 valence electrons. The van der Waals surface area contributed by atoms with Crippen LogP contribution in [-0.2, 0) is 0 Å². The first-order valence-corrected chi connectivity index (χ1v) is 12.8. The highest BCUT2D eigenvalue weighted by Crippen LogP contribution is 2.73. The van der Waals surface area contributed by atoms with Crippen LogP contribution in [0.25, 0.3) is 11.1 Å². The first-order valence-electron chi connectivity index (χ1n) is 11.2. The molecule has 32 heavy (non-hydrogen) atoms. The molecule has 0 N–H and O–H groups in total. The Bertz CT molecular complexity index is 1430. The predicted octanol–water partition coefficient (Wildman–Crippen LogP) is 5.84. The van der Waals surface area contributed by atoms with Gasteiger partial charge in [0, 0.05) is 9.79 Å². The van der Waals surface area contributed by atoms with Crippen molar-refractivity contribution < 1.29 is 0 Å². The summed E-state index contributed by atoms with van der Waals surface area (Å²) in [4.78, 5) is 5.78. The van der Waals surface area contributed by atoms with Crippen molar-refractivity contribution in [3.63, 3.8) is 0 Å². The average Bonchev–Trinajstić information content (AvgIpc) is 3.22. The van der Waals surface area contributed by atoms with E-state index in [1.54, 1.807) is 0 Å². The van der Waals surface area contributed by atoms with Crippen LogP contribution in [0, 0.1) is 0 Å². The smallest absolute Gasteiger partial charge is 0.134 e. The van der Waals surface area contributed by atoms with Crippen molar-refractivity contribution in [3.05, 3.63) is 127 Å². The predicted molar refractivity (Wildman–Crippen MR) is 137 cm³/mol. The normalized spacial score (nSPS) is 15.4. The SMILES string of the molecule is c1ccc(S2(c3ccccc3)c3ccccc3B3c4ccccc4-c4cccc2c43)cc1. The van der Waals surface area contributed by atoms with Gasteiger partial charge in [-0.05, 0) is 62.8 Å². The van der Waals surface area contributed by atoms with Crippen molar-refractivity contribution in [2.45, 2.75) is 19.6 Å². The van der Waals surface area contributed by atoms with Gasteiger partial charge in [-0.2, -0.15) is 0 Å². The van der Waals surface area contributed by atoms with E-state index in [0.717, 1.165) is 0 Å². The van der Waals surface area contributed by atoms with Gasteiger partial charge in [-0.1, -0.05) is 102 Å². The maximum atomic E-state index is 2.41. The van der Waals surface area contributed by atoms with Gasteiger partial charge < -0.3 is 0 Å². The van der Waals surface area contributed by atoms with E-state index in [0.29, 0.717) is 6.71 Å². The Labute approximate surface area is 191 Å². The lowest BCUT2D eigenvalue weighted by Gasteiger charge is -2.48. The van der Waals surface area contributed by atoms with Crippen molar-refractivity contribution in [1.29, 1.82) is 0 Å². The van der Waals surface area contributed by atoms with Crippen LogP contribution in [0.5, 0.6) is 0 Å². The largest absolute Gasteiger partial charge is 0.245 e. The van der Waals surface area contributed by atoms with E-state index in [9.17, 15) is 0 Å². The molecule has 0 atom stereocenters. The van der Waals surface area contributed by atoms with Gasteiger partial charge in [-0.3, -0.25) is 0 Å². The molecule has 5 aromatic carbocycles. The Hall–Kier alpha value is -3.49. The first kappa shape index (κ1) is 18.1. The molecule has 5 aromatic rings. The van der Waals surface area contributed by atoms with Gasteiger partial charge in [0.1, 0.15) is 0 Å². The third kappa shape index (κ3) is 2.20. The molecule has 0 aliphatic carbocycles. The Morgan fingerprint density at radius 3 is 1.66 bits per heavy atom. The highest BCUT2D eigenvalue weighted by Gasteiger charge is 2.48. The molecule has 2 aliphatic heterocycles. The number of rotatable bonds is 2. The third-order valence-corrected chi connectivity index (χ3v) is 11.0. The molecule has 0 radical (unpaired) electrons. The zero-order chi connectivity index (χ0) is 21.1. The van der Waals surface area contributed by atoms with Crippen LogP contribution in [0.15, 0.2) is 147 Å². The second-order valence-corrected chi connectivity index (χ2v) is 11.6. The average molecular weight is 424 g/mol. The zero-order valence-electron chi connectivity index (χ0n) is 17.6. The van der Waals surface area contributed by atoms with E-state index in [1.807, 2.05) is 0 Å². The quantitative estimate of drug-likeness (QED) is 0.306. The molecule has 2 heterocycles. The van der Waals surface area contributed by atoms with Gasteiger partial charge >= 0.3 is 0 Å². The molecule has 0 saturated carbocycles. The van der Waals surface area contributed by atoms with E-state index in [-0.39, 0.29) is 0 Å². The lowest BCUT2D eigenvalue weighted by molar-refractivity contribution is 1.26. The van der Waals surface area contributed by atoms with Gasteiger partial charge in [-0.25, -0.2) is 0 Å². The molecule has 2 heteroatoms. The molecule has 0 aromatic heterocycles. The second-order valence-electron chi connectivity index (χ2n) is 8.51. The van der Waals surface area contributed by atoms with Crippen LogP contribution in [0.4, 0.5) is 0 Å². The van der Waals surface area contributed by atoms with E-state index in [1.165, 1.54) is 47.1 Å². The lowest BCUT2D eigenvalue weighted by Crippen LogP contribution is -2.54. The Balaban J connectivity index is 1.71. The molecular weight excluding hydrogens is 403 g/mol. The highest BCUT2D eigenvalue weighted by molar-refractivity contribution is 8.34. The minimum absolute atomic E-state index is 0.307. The van der Waals surface area contributed by atoms with Crippen LogP contribution >= 0.6 is 10.0 Å². The number of hydrogen-bond donors (Lipinski definition) is 0. The molecule has 0 bridgehead atoms. The summed E-state index contributed by atoms with van der Waals surface area (Å²) in [5.74, 6) is 0. The Morgan fingerprint density at radius 2 is 0.938 bits per heavy atom. The Morgan fingerprint density at radius 1 is 0.406 bits per heavy atom. The molecule has 2 aliphatic rings. The molecular formula is C30H21BS. The lowest BCUT2D eigenvalue weighted by atomic mass is 9.38. The fourth-order valence-corrected chi connectivity index (χ4v) is 10.1. The summed E-state index contributed by atoms with van der Waals surface area (Å²) in [5.41, 5.74) is 7.20. The van der Waals surface area contributed by atoms with Crippen molar-refractivity contribution >= 4 is 33.1 Å². The minimum Gasteiger partial charge on any atom is -0.134 e. The Kier molecular flexibility index (Phi) is 3.83. The van der Waals surface area contributed by atoms with Crippen LogP contribution in [0.2, 0.25) is 0 Å². The molecule has 0 spiro atoms. The summed E-state index contributed by atoms with van der Waals surface area (Å²) in [5, 5.41) is 0. The van der Waals surface area contributed by atoms with Crippen LogP contribution in [0.3, 0.4) is 0 Å². The highest BCUT2D eigenvalue weighted by atomic mass is 32.3. The summed E-state index contributed by atoms with van der Waals surface area (Å²) >= 11 is 0. The molecule has 0 amide bonds. The number of fused-ring (bicyclic) bond motifs is 5. The van der Waals surface area contributed by atoms with Crippen molar-refractivity contribution in [1.82, 2.24) is 0 Å². The van der Waals surface area contributed by atoms with E-state index >= 15 is 0 Å². The first-order chi connectivity index (χ1) is 15.9. The number of benzene rings is 5. The molecule has 0 unspecified atom stereocenters. The van der Waals surface area contributed by atoms with Crippen LogP contribution in [-0.4, -0.2) is 6.71 Å². The van der Waals surface area contributed by atoms with Gasteiger partial charge in [0.2, 0.25) is 6.71 Å². The van der Waals surface area contributed by atoms with Crippen molar-refractivity contribution in [2.75, 3.05) is 0 Å². The zero-order valence-corrected chi connectivity index (χ0v) is 18.4. The molecule has 0 nitrogen and oxygen atoms in total. The summed E-state index contributed by atoms with van der Waals surface area (Å²) in [6.45, 7) is 0.307. The van der Waals surface area contributed by atoms with E-state index < -0.39 is 10.0 Å².